The third-order valence-corrected chi connectivity index (χ3v) is 6.24. The summed E-state index contributed by atoms with van der Waals surface area (Å²) in [5.74, 6) is -0.408. The predicted molar refractivity (Wildman–Crippen MR) is 125 cm³/mol. The van der Waals surface area contributed by atoms with Gasteiger partial charge in [0.1, 0.15) is 0 Å². The van der Waals surface area contributed by atoms with Gasteiger partial charge in [-0.15, -0.1) is 0 Å². The summed E-state index contributed by atoms with van der Waals surface area (Å²) in [4.78, 5) is 43.0. The van der Waals surface area contributed by atoms with Crippen molar-refractivity contribution in [2.24, 2.45) is 0 Å². The number of carbonyl (C=O) groups excluding carboxylic acids is 3. The van der Waals surface area contributed by atoms with Crippen molar-refractivity contribution in [3.8, 4) is 0 Å². The first-order valence-electron chi connectivity index (χ1n) is 11.5. The number of rotatable bonds is 8. The molecule has 1 aliphatic rings. The van der Waals surface area contributed by atoms with Crippen molar-refractivity contribution in [2.75, 3.05) is 19.6 Å². The van der Waals surface area contributed by atoms with E-state index in [4.69, 9.17) is 0 Å². The number of likely N-dealkylation sites (N-methyl/N-ethyl adjacent to an activating group) is 1. The van der Waals surface area contributed by atoms with Crippen molar-refractivity contribution in [2.45, 2.75) is 45.6 Å². The molecule has 0 unspecified atom stereocenters. The molecule has 2 amide bonds. The highest BCUT2D eigenvalue weighted by atomic mass is 16.2. The summed E-state index contributed by atoms with van der Waals surface area (Å²) in [7, 11) is 0. The fourth-order valence-electron chi connectivity index (χ4n) is 4.32. The lowest BCUT2D eigenvalue weighted by Crippen LogP contribution is -2.38. The van der Waals surface area contributed by atoms with E-state index in [1.807, 2.05) is 17.7 Å². The highest BCUT2D eigenvalue weighted by Crippen LogP contribution is 2.31. The van der Waals surface area contributed by atoms with E-state index in [2.05, 4.69) is 15.4 Å². The molecule has 1 saturated carbocycles. The van der Waals surface area contributed by atoms with E-state index >= 15 is 0 Å². The van der Waals surface area contributed by atoms with Gasteiger partial charge in [-0.25, -0.2) is 9.67 Å². The lowest BCUT2D eigenvalue weighted by Gasteiger charge is -2.21. The lowest BCUT2D eigenvalue weighted by molar-refractivity contribution is 0.0757. The van der Waals surface area contributed by atoms with Gasteiger partial charge in [-0.1, -0.05) is 25.0 Å². The predicted octanol–water partition coefficient (Wildman–Crippen LogP) is 3.64. The number of nitrogens with zero attached hydrogens (tertiary/aromatic N) is 4. The fraction of sp³-hybridized carbons (Fsp3) is 0.400. The topological polar surface area (TPSA) is 97.2 Å². The Hall–Kier alpha value is -3.55. The second-order valence-corrected chi connectivity index (χ2v) is 8.44. The second kappa shape index (κ2) is 9.94. The molecule has 1 aliphatic carbocycles. The number of aromatic nitrogens is 3. The first-order chi connectivity index (χ1) is 16.0. The number of hydrogen-bond acceptors (Lipinski definition) is 5. The molecule has 1 aromatic carbocycles. The first-order valence-corrected chi connectivity index (χ1v) is 11.5. The Balaban J connectivity index is 1.37. The molecular weight excluding hydrogens is 418 g/mol. The van der Waals surface area contributed by atoms with Gasteiger partial charge in [0.2, 0.25) is 0 Å². The van der Waals surface area contributed by atoms with E-state index in [0.29, 0.717) is 42.4 Å². The van der Waals surface area contributed by atoms with Crippen LogP contribution in [0.5, 0.6) is 0 Å². The van der Waals surface area contributed by atoms with E-state index in [-0.39, 0.29) is 17.6 Å². The van der Waals surface area contributed by atoms with Gasteiger partial charge in [0.25, 0.3) is 11.8 Å². The molecule has 0 saturated heterocycles. The number of pyridine rings is 1. The van der Waals surface area contributed by atoms with Gasteiger partial charge < -0.3 is 10.2 Å². The van der Waals surface area contributed by atoms with Crippen LogP contribution in [0.25, 0.3) is 11.0 Å². The quantitative estimate of drug-likeness (QED) is 0.532. The van der Waals surface area contributed by atoms with Gasteiger partial charge in [0.05, 0.1) is 17.8 Å². The zero-order chi connectivity index (χ0) is 23.4. The highest BCUT2D eigenvalue weighted by molar-refractivity contribution is 5.98. The largest absolute Gasteiger partial charge is 0.350 e. The molecule has 1 N–H and O–H groups in total. The SMILES string of the molecule is CCN(CCNC(=O)c1ccc(C(C)=O)cc1)C(=O)c1cnc2c(cnn2C2CCCC2)c1. The van der Waals surface area contributed by atoms with Crippen LogP contribution in [-0.2, 0) is 0 Å². The number of fused-ring (bicyclic) bond motifs is 1. The molecule has 8 heteroatoms. The monoisotopic (exact) mass is 447 g/mol. The number of ketones is 1. The van der Waals surface area contributed by atoms with Crippen LogP contribution in [-0.4, -0.2) is 56.9 Å². The average molecular weight is 448 g/mol. The van der Waals surface area contributed by atoms with E-state index in [1.165, 1.54) is 19.8 Å². The molecule has 0 aliphatic heterocycles. The maximum absolute atomic E-state index is 13.0. The van der Waals surface area contributed by atoms with E-state index < -0.39 is 0 Å². The van der Waals surface area contributed by atoms with Crippen LogP contribution in [0.15, 0.2) is 42.7 Å². The van der Waals surface area contributed by atoms with Crippen molar-refractivity contribution in [1.82, 2.24) is 25.0 Å². The number of benzene rings is 1. The normalized spacial score (nSPS) is 13.9. The zero-order valence-electron chi connectivity index (χ0n) is 19.1. The van der Waals surface area contributed by atoms with Crippen molar-refractivity contribution < 1.29 is 14.4 Å². The molecule has 2 heterocycles. The third-order valence-electron chi connectivity index (χ3n) is 6.24. The summed E-state index contributed by atoms with van der Waals surface area (Å²) in [5.41, 5.74) is 2.38. The summed E-state index contributed by atoms with van der Waals surface area (Å²) in [6.07, 6.45) is 8.08. The molecule has 0 atom stereocenters. The van der Waals surface area contributed by atoms with Gasteiger partial charge in [-0.05, 0) is 44.9 Å². The van der Waals surface area contributed by atoms with Crippen LogP contribution in [0.2, 0.25) is 0 Å². The lowest BCUT2D eigenvalue weighted by atomic mass is 10.1. The Morgan fingerprint density at radius 2 is 1.76 bits per heavy atom. The number of hydrogen-bond donors (Lipinski definition) is 1. The minimum Gasteiger partial charge on any atom is -0.350 e. The Morgan fingerprint density at radius 1 is 1.06 bits per heavy atom. The number of Topliss-reactive ketones (excluding diaryl/α,β-unsaturated/α-hetero) is 1. The van der Waals surface area contributed by atoms with Crippen LogP contribution in [0.3, 0.4) is 0 Å². The molecule has 4 rings (SSSR count). The van der Waals surface area contributed by atoms with Gasteiger partial charge in [0, 0.05) is 42.3 Å². The van der Waals surface area contributed by atoms with E-state index in [1.54, 1.807) is 41.6 Å². The zero-order valence-corrected chi connectivity index (χ0v) is 19.1. The van der Waals surface area contributed by atoms with Crippen molar-refractivity contribution in [3.05, 3.63) is 59.4 Å². The van der Waals surface area contributed by atoms with Crippen LogP contribution >= 0.6 is 0 Å². The molecule has 1 fully saturated rings. The van der Waals surface area contributed by atoms with E-state index in [9.17, 15) is 14.4 Å². The highest BCUT2D eigenvalue weighted by Gasteiger charge is 2.21. The first kappa shape index (κ1) is 22.6. The minimum absolute atomic E-state index is 0.0439. The van der Waals surface area contributed by atoms with E-state index in [0.717, 1.165) is 23.9 Å². The summed E-state index contributed by atoms with van der Waals surface area (Å²) < 4.78 is 1.99. The number of amides is 2. The molecule has 8 nitrogen and oxygen atoms in total. The summed E-state index contributed by atoms with van der Waals surface area (Å²) >= 11 is 0. The third kappa shape index (κ3) is 4.94. The van der Waals surface area contributed by atoms with Crippen molar-refractivity contribution in [3.63, 3.8) is 0 Å². The average Bonchev–Trinajstić information content (AvgIpc) is 3.50. The van der Waals surface area contributed by atoms with Crippen molar-refractivity contribution >= 4 is 28.6 Å². The summed E-state index contributed by atoms with van der Waals surface area (Å²) in [6.45, 7) is 4.61. The smallest absolute Gasteiger partial charge is 0.255 e. The minimum atomic E-state index is -0.240. The van der Waals surface area contributed by atoms with Crippen LogP contribution in [0.1, 0.15) is 76.6 Å². The second-order valence-electron chi connectivity index (χ2n) is 8.44. The number of nitrogens with one attached hydrogen (secondary N) is 1. The van der Waals surface area contributed by atoms with Gasteiger partial charge >= 0.3 is 0 Å². The summed E-state index contributed by atoms with van der Waals surface area (Å²) in [5, 5.41) is 8.22. The number of carbonyl (C=O) groups is 3. The molecule has 3 aromatic rings. The molecule has 0 bridgehead atoms. The van der Waals surface area contributed by atoms with Crippen LogP contribution < -0.4 is 5.32 Å². The molecule has 172 valence electrons. The Bertz CT molecular complexity index is 1160. The maximum atomic E-state index is 13.0. The standard InChI is InChI=1S/C25H29N5O3/c1-3-29(13-12-26-24(32)19-10-8-18(9-11-19)17(2)31)25(33)21-14-20-16-28-30(23(20)27-15-21)22-6-4-5-7-22/h8-11,14-16,22H,3-7,12-13H2,1-2H3,(H,26,32). The maximum Gasteiger partial charge on any atom is 0.255 e. The molecular formula is C25H29N5O3. The Labute approximate surface area is 193 Å². The van der Waals surface area contributed by atoms with Crippen LogP contribution in [0.4, 0.5) is 0 Å². The molecule has 2 aromatic heterocycles. The molecule has 33 heavy (non-hydrogen) atoms. The fourth-order valence-corrected chi connectivity index (χ4v) is 4.32. The Morgan fingerprint density at radius 3 is 2.42 bits per heavy atom. The van der Waals surface area contributed by atoms with Crippen LogP contribution in [0, 0.1) is 0 Å². The van der Waals surface area contributed by atoms with Gasteiger partial charge in [-0.2, -0.15) is 5.10 Å². The van der Waals surface area contributed by atoms with Crippen molar-refractivity contribution in [1.29, 1.82) is 0 Å². The molecule has 0 radical (unpaired) electrons. The van der Waals surface area contributed by atoms with Gasteiger partial charge in [-0.3, -0.25) is 14.4 Å². The molecule has 0 spiro atoms. The summed E-state index contributed by atoms with van der Waals surface area (Å²) in [6, 6.07) is 8.77. The Kier molecular flexibility index (Phi) is 6.82. The van der Waals surface area contributed by atoms with Gasteiger partial charge in [0.15, 0.2) is 11.4 Å².